The monoisotopic (exact) mass is 266 g/mol. The molecule has 0 aromatic heterocycles. The van der Waals surface area contributed by atoms with E-state index in [1.54, 1.807) is 25.3 Å². The van der Waals surface area contributed by atoms with Crippen molar-refractivity contribution in [2.45, 2.75) is 0 Å². The van der Waals surface area contributed by atoms with Crippen molar-refractivity contribution < 1.29 is 14.3 Å². The van der Waals surface area contributed by atoms with Gasteiger partial charge in [0.05, 0.1) is 7.11 Å². The molecule has 0 unspecified atom stereocenters. The van der Waals surface area contributed by atoms with Crippen LogP contribution in [0.1, 0.15) is 15.9 Å². The smallest absolute Gasteiger partial charge is 0.163 e. The molecule has 0 fully saturated rings. The van der Waals surface area contributed by atoms with Gasteiger partial charge in [0.25, 0.3) is 0 Å². The molecule has 0 spiro atoms. The van der Waals surface area contributed by atoms with Crippen molar-refractivity contribution >= 4 is 6.29 Å². The molecule has 3 heteroatoms. The van der Waals surface area contributed by atoms with Crippen LogP contribution in [0.2, 0.25) is 0 Å². The molecule has 2 aromatic carbocycles. The quantitative estimate of drug-likeness (QED) is 0.630. The average molecular weight is 266 g/mol. The first-order valence-corrected chi connectivity index (χ1v) is 6.13. The Kier molecular flexibility index (Phi) is 4.80. The van der Waals surface area contributed by atoms with Crippen molar-refractivity contribution in [3.63, 3.8) is 0 Å². The summed E-state index contributed by atoms with van der Waals surface area (Å²) in [6.07, 6.45) is 0.766. The fraction of sp³-hybridized carbons (Fsp3) is 0.118. The fourth-order valence-electron chi connectivity index (χ4n) is 1.65. The molecular weight excluding hydrogens is 252 g/mol. The molecule has 0 radical (unpaired) electrons. The van der Waals surface area contributed by atoms with E-state index in [4.69, 9.17) is 9.47 Å². The van der Waals surface area contributed by atoms with E-state index in [0.29, 0.717) is 17.1 Å². The van der Waals surface area contributed by atoms with Crippen molar-refractivity contribution in [3.8, 4) is 23.3 Å². The second-order valence-corrected chi connectivity index (χ2v) is 3.98. The Labute approximate surface area is 118 Å². The van der Waals surface area contributed by atoms with Gasteiger partial charge < -0.3 is 9.47 Å². The van der Waals surface area contributed by atoms with Crippen LogP contribution in [0.3, 0.4) is 0 Å². The standard InChI is InChI=1S/C17H14O3/c1-19-16-10-9-15(13-18)12-17(16)20-11-5-8-14-6-3-2-4-7-14/h2-4,6-7,9-10,12-13H,11H2,1H3. The third-order valence-electron chi connectivity index (χ3n) is 2.63. The predicted octanol–water partition coefficient (Wildman–Crippen LogP) is 2.94. The molecule has 2 aromatic rings. The minimum Gasteiger partial charge on any atom is -0.493 e. The van der Waals surface area contributed by atoms with Crippen molar-refractivity contribution in [3.05, 3.63) is 59.7 Å². The van der Waals surface area contributed by atoms with Gasteiger partial charge in [-0.05, 0) is 30.3 Å². The minimum atomic E-state index is 0.230. The molecular formula is C17H14O3. The number of carbonyl (C=O) groups is 1. The Hall–Kier alpha value is -2.73. The van der Waals surface area contributed by atoms with Crippen LogP contribution in [-0.2, 0) is 0 Å². The zero-order chi connectivity index (χ0) is 14.2. The van der Waals surface area contributed by atoms with Crippen molar-refractivity contribution in [1.82, 2.24) is 0 Å². The third-order valence-corrected chi connectivity index (χ3v) is 2.63. The number of methoxy groups -OCH3 is 1. The summed E-state index contributed by atoms with van der Waals surface area (Å²) in [5, 5.41) is 0. The zero-order valence-corrected chi connectivity index (χ0v) is 11.1. The van der Waals surface area contributed by atoms with Crippen LogP contribution >= 0.6 is 0 Å². The van der Waals surface area contributed by atoms with Crippen LogP contribution in [0.4, 0.5) is 0 Å². The van der Waals surface area contributed by atoms with Crippen LogP contribution in [-0.4, -0.2) is 20.0 Å². The Morgan fingerprint density at radius 1 is 1.10 bits per heavy atom. The lowest BCUT2D eigenvalue weighted by molar-refractivity contribution is 0.112. The van der Waals surface area contributed by atoms with Gasteiger partial charge in [-0.1, -0.05) is 30.0 Å². The van der Waals surface area contributed by atoms with Crippen molar-refractivity contribution in [2.24, 2.45) is 0 Å². The molecule has 0 saturated carbocycles. The number of rotatable bonds is 4. The largest absolute Gasteiger partial charge is 0.493 e. The second-order valence-electron chi connectivity index (χ2n) is 3.98. The Morgan fingerprint density at radius 2 is 1.90 bits per heavy atom. The van der Waals surface area contributed by atoms with Gasteiger partial charge in [0, 0.05) is 11.1 Å². The molecule has 3 nitrogen and oxygen atoms in total. The van der Waals surface area contributed by atoms with Gasteiger partial charge in [0.15, 0.2) is 11.5 Å². The van der Waals surface area contributed by atoms with E-state index in [2.05, 4.69) is 11.8 Å². The first-order valence-electron chi connectivity index (χ1n) is 6.13. The third kappa shape index (κ3) is 3.63. The number of hydrogen-bond donors (Lipinski definition) is 0. The van der Waals surface area contributed by atoms with E-state index in [-0.39, 0.29) is 6.61 Å². The van der Waals surface area contributed by atoms with Gasteiger partial charge in [-0.2, -0.15) is 0 Å². The highest BCUT2D eigenvalue weighted by Gasteiger charge is 2.04. The molecule has 100 valence electrons. The molecule has 0 aliphatic heterocycles. The molecule has 0 bridgehead atoms. The van der Waals surface area contributed by atoms with Crippen LogP contribution < -0.4 is 9.47 Å². The molecule has 0 heterocycles. The zero-order valence-electron chi connectivity index (χ0n) is 11.1. The number of hydrogen-bond acceptors (Lipinski definition) is 3. The number of ether oxygens (including phenoxy) is 2. The first-order chi connectivity index (χ1) is 9.83. The van der Waals surface area contributed by atoms with E-state index >= 15 is 0 Å². The van der Waals surface area contributed by atoms with Gasteiger partial charge in [0.2, 0.25) is 0 Å². The summed E-state index contributed by atoms with van der Waals surface area (Å²) < 4.78 is 10.7. The van der Waals surface area contributed by atoms with Crippen LogP contribution in [0, 0.1) is 11.8 Å². The normalized spacial score (nSPS) is 9.25. The second kappa shape index (κ2) is 7.01. The number of aldehydes is 1. The summed E-state index contributed by atoms with van der Waals surface area (Å²) in [6, 6.07) is 14.7. The Balaban J connectivity index is 2.04. The SMILES string of the molecule is COc1ccc(C=O)cc1OCC#Cc1ccccc1. The first kappa shape index (κ1) is 13.7. The highest BCUT2D eigenvalue weighted by molar-refractivity contribution is 5.76. The Morgan fingerprint density at radius 3 is 2.60 bits per heavy atom. The van der Waals surface area contributed by atoms with Gasteiger partial charge in [-0.25, -0.2) is 0 Å². The maximum Gasteiger partial charge on any atom is 0.163 e. The van der Waals surface area contributed by atoms with E-state index in [9.17, 15) is 4.79 Å². The fourth-order valence-corrected chi connectivity index (χ4v) is 1.65. The topological polar surface area (TPSA) is 35.5 Å². The summed E-state index contributed by atoms with van der Waals surface area (Å²) in [7, 11) is 1.55. The van der Waals surface area contributed by atoms with Gasteiger partial charge in [0.1, 0.15) is 12.9 Å². The van der Waals surface area contributed by atoms with Crippen LogP contribution in [0.25, 0.3) is 0 Å². The summed E-state index contributed by atoms with van der Waals surface area (Å²) in [5.41, 5.74) is 1.47. The van der Waals surface area contributed by atoms with Gasteiger partial charge in [-0.15, -0.1) is 0 Å². The van der Waals surface area contributed by atoms with Crippen LogP contribution in [0.15, 0.2) is 48.5 Å². The minimum absolute atomic E-state index is 0.230. The molecule has 0 amide bonds. The average Bonchev–Trinajstić information content (AvgIpc) is 2.52. The molecule has 0 aliphatic carbocycles. The van der Waals surface area contributed by atoms with Gasteiger partial charge >= 0.3 is 0 Å². The van der Waals surface area contributed by atoms with E-state index in [1.165, 1.54) is 0 Å². The molecule has 0 saturated heterocycles. The summed E-state index contributed by atoms with van der Waals surface area (Å²) in [6.45, 7) is 0.230. The van der Waals surface area contributed by atoms with Crippen molar-refractivity contribution in [1.29, 1.82) is 0 Å². The molecule has 0 aliphatic rings. The molecule has 0 N–H and O–H groups in total. The molecule has 20 heavy (non-hydrogen) atoms. The summed E-state index contributed by atoms with van der Waals surface area (Å²) in [5.74, 6) is 7.01. The number of benzene rings is 2. The van der Waals surface area contributed by atoms with Gasteiger partial charge in [-0.3, -0.25) is 4.79 Å². The van der Waals surface area contributed by atoms with Crippen molar-refractivity contribution in [2.75, 3.05) is 13.7 Å². The lowest BCUT2D eigenvalue weighted by atomic mass is 10.2. The molecule has 2 rings (SSSR count). The lowest BCUT2D eigenvalue weighted by Gasteiger charge is -2.08. The predicted molar refractivity (Wildman–Crippen MR) is 77.2 cm³/mol. The summed E-state index contributed by atoms with van der Waals surface area (Å²) >= 11 is 0. The Bertz CT molecular complexity index is 636. The summed E-state index contributed by atoms with van der Waals surface area (Å²) in [4.78, 5) is 10.7. The number of carbonyl (C=O) groups excluding carboxylic acids is 1. The van der Waals surface area contributed by atoms with E-state index in [0.717, 1.165) is 11.8 Å². The molecule has 0 atom stereocenters. The van der Waals surface area contributed by atoms with Crippen LogP contribution in [0.5, 0.6) is 11.5 Å². The highest BCUT2D eigenvalue weighted by Crippen LogP contribution is 2.27. The highest BCUT2D eigenvalue weighted by atomic mass is 16.5. The van der Waals surface area contributed by atoms with E-state index < -0.39 is 0 Å². The van der Waals surface area contributed by atoms with E-state index in [1.807, 2.05) is 30.3 Å². The maximum atomic E-state index is 10.7. The lowest BCUT2D eigenvalue weighted by Crippen LogP contribution is -1.98. The maximum absolute atomic E-state index is 10.7.